The van der Waals surface area contributed by atoms with E-state index in [0.717, 1.165) is 14.6 Å². The van der Waals surface area contributed by atoms with Crippen molar-refractivity contribution in [1.29, 1.82) is 0 Å². The van der Waals surface area contributed by atoms with E-state index in [2.05, 4.69) is 45.9 Å². The summed E-state index contributed by atoms with van der Waals surface area (Å²) in [6.07, 6.45) is 0. The van der Waals surface area contributed by atoms with Crippen molar-refractivity contribution in [2.45, 2.75) is 38.7 Å². The Morgan fingerprint density at radius 3 is 1.36 bits per heavy atom. The summed E-state index contributed by atoms with van der Waals surface area (Å²) < 4.78 is 0. The maximum absolute atomic E-state index is 11.9. The van der Waals surface area contributed by atoms with E-state index in [1.807, 2.05) is 0 Å². The zero-order chi connectivity index (χ0) is 15.4. The normalized spacial score (nSPS) is 27.7. The van der Waals surface area contributed by atoms with Gasteiger partial charge in [0.15, 0.2) is 5.60 Å². The predicted molar refractivity (Wildman–Crippen MR) is 94.8 cm³/mol. The van der Waals surface area contributed by atoms with Gasteiger partial charge in [-0.15, -0.1) is 34.0 Å². The molecule has 3 heterocycles. The molecule has 6 rings (SSSR count). The van der Waals surface area contributed by atoms with Gasteiger partial charge in [0.1, 0.15) is 0 Å². The van der Waals surface area contributed by atoms with Crippen molar-refractivity contribution in [3.05, 3.63) is 64.2 Å². The van der Waals surface area contributed by atoms with Crippen molar-refractivity contribution >= 4 is 34.0 Å². The van der Waals surface area contributed by atoms with Crippen molar-refractivity contribution < 1.29 is 5.11 Å². The van der Waals surface area contributed by atoms with Crippen LogP contribution in [-0.4, -0.2) is 5.11 Å². The van der Waals surface area contributed by atoms with Crippen LogP contribution in [0.1, 0.15) is 52.9 Å². The summed E-state index contributed by atoms with van der Waals surface area (Å²) in [5, 5.41) is 11.9. The summed E-state index contributed by atoms with van der Waals surface area (Å²) in [5.74, 6) is 0. The highest BCUT2D eigenvalue weighted by atomic mass is 32.1. The lowest BCUT2D eigenvalue weighted by molar-refractivity contribution is 0.121. The Bertz CT molecular complexity index is 763. The van der Waals surface area contributed by atoms with Gasteiger partial charge in [-0.1, -0.05) is 0 Å². The highest BCUT2D eigenvalue weighted by molar-refractivity contribution is 7.16. The maximum atomic E-state index is 11.9. The summed E-state index contributed by atoms with van der Waals surface area (Å²) in [6.45, 7) is 8.78. The van der Waals surface area contributed by atoms with Gasteiger partial charge in [-0.05, 0) is 62.6 Å². The van der Waals surface area contributed by atoms with E-state index in [1.165, 1.54) is 31.3 Å². The quantitative estimate of drug-likeness (QED) is 0.604. The first-order chi connectivity index (χ1) is 10.4. The average Bonchev–Trinajstić information content (AvgIpc) is 3.12. The fraction of sp³-hybridized carbons (Fsp3) is 0.333. The fourth-order valence-electron chi connectivity index (χ4n) is 4.21. The van der Waals surface area contributed by atoms with Crippen molar-refractivity contribution in [2.75, 3.05) is 0 Å². The van der Waals surface area contributed by atoms with Crippen LogP contribution < -0.4 is 0 Å². The van der Waals surface area contributed by atoms with Crippen molar-refractivity contribution in [2.24, 2.45) is 0 Å². The molecule has 0 radical (unpaired) electrons. The van der Waals surface area contributed by atoms with Crippen molar-refractivity contribution in [3.8, 4) is 0 Å². The van der Waals surface area contributed by atoms with Crippen LogP contribution in [0.5, 0.6) is 0 Å². The third-order valence-electron chi connectivity index (χ3n) is 5.17. The number of hydrogen-bond acceptors (Lipinski definition) is 4. The molecule has 3 aromatic rings. The lowest BCUT2D eigenvalue weighted by atomic mass is 9.59. The van der Waals surface area contributed by atoms with Crippen LogP contribution in [-0.2, 0) is 11.0 Å². The molecule has 0 fully saturated rings. The molecular weight excluding hydrogens is 328 g/mol. The third kappa shape index (κ3) is 1.23. The van der Waals surface area contributed by atoms with Crippen LogP contribution in [0.15, 0.2) is 18.2 Å². The molecule has 3 aliphatic carbocycles. The molecule has 0 spiro atoms. The topological polar surface area (TPSA) is 20.2 Å². The van der Waals surface area contributed by atoms with Crippen LogP contribution in [0.3, 0.4) is 0 Å². The molecule has 1 nitrogen and oxygen atoms in total. The van der Waals surface area contributed by atoms with Crippen molar-refractivity contribution in [3.63, 3.8) is 0 Å². The third-order valence-corrected chi connectivity index (χ3v) is 8.65. The Kier molecular flexibility index (Phi) is 2.30. The van der Waals surface area contributed by atoms with E-state index in [0.29, 0.717) is 0 Å². The lowest BCUT2D eigenvalue weighted by Gasteiger charge is -2.48. The van der Waals surface area contributed by atoms with Gasteiger partial charge < -0.3 is 5.11 Å². The first-order valence-electron chi connectivity index (χ1n) is 7.43. The van der Waals surface area contributed by atoms with Crippen LogP contribution >= 0.6 is 34.0 Å². The molecule has 22 heavy (non-hydrogen) atoms. The molecule has 2 bridgehead atoms. The van der Waals surface area contributed by atoms with Gasteiger partial charge in [0.25, 0.3) is 0 Å². The molecule has 0 aromatic carbocycles. The Labute approximate surface area is 141 Å². The number of hydrogen-bond donors (Lipinski definition) is 1. The van der Waals surface area contributed by atoms with Gasteiger partial charge in [0.05, 0.1) is 14.6 Å². The molecule has 0 aliphatic heterocycles. The van der Waals surface area contributed by atoms with Crippen LogP contribution in [0, 0.1) is 20.8 Å². The second-order valence-corrected chi connectivity index (χ2v) is 10.4. The summed E-state index contributed by atoms with van der Waals surface area (Å²) in [5.41, 5.74) is 2.91. The Morgan fingerprint density at radius 2 is 1.05 bits per heavy atom. The number of aliphatic hydroxyl groups is 1. The van der Waals surface area contributed by atoms with Gasteiger partial charge in [0.2, 0.25) is 0 Å². The zero-order valence-electron chi connectivity index (χ0n) is 12.9. The van der Waals surface area contributed by atoms with Gasteiger partial charge in [0, 0.05) is 20.0 Å². The number of aryl methyl sites for hydroxylation is 3. The standard InChI is InChI=1S/C18H16OS3/c1-8-5-11-14(20-8)18(19)15-12(6-9(2)21-15)17(11,4)13-7-10(3)22-16(13)18/h5-7,19H,1-4H3. The minimum absolute atomic E-state index is 0.106. The Balaban J connectivity index is 2.03. The molecule has 0 atom stereocenters. The largest absolute Gasteiger partial charge is 0.374 e. The molecule has 0 saturated carbocycles. The highest BCUT2D eigenvalue weighted by Crippen LogP contribution is 2.65. The lowest BCUT2D eigenvalue weighted by Crippen LogP contribution is -2.46. The molecule has 0 amide bonds. The van der Waals surface area contributed by atoms with E-state index < -0.39 is 5.60 Å². The molecule has 0 unspecified atom stereocenters. The second-order valence-electron chi connectivity index (χ2n) is 6.63. The molecule has 112 valence electrons. The Hall–Kier alpha value is -0.940. The van der Waals surface area contributed by atoms with Crippen LogP contribution in [0.4, 0.5) is 0 Å². The fourth-order valence-corrected chi connectivity index (χ4v) is 8.07. The average molecular weight is 345 g/mol. The van der Waals surface area contributed by atoms with Crippen molar-refractivity contribution in [1.82, 2.24) is 0 Å². The van der Waals surface area contributed by atoms with Crippen LogP contribution in [0.25, 0.3) is 0 Å². The van der Waals surface area contributed by atoms with E-state index in [1.54, 1.807) is 34.0 Å². The van der Waals surface area contributed by atoms with Crippen LogP contribution in [0.2, 0.25) is 0 Å². The number of thiophene rings is 3. The maximum Gasteiger partial charge on any atom is 0.168 e. The minimum atomic E-state index is -0.922. The van der Waals surface area contributed by atoms with E-state index in [-0.39, 0.29) is 5.41 Å². The van der Waals surface area contributed by atoms with Gasteiger partial charge in [-0.25, -0.2) is 0 Å². The van der Waals surface area contributed by atoms with E-state index in [9.17, 15) is 5.11 Å². The summed E-state index contributed by atoms with van der Waals surface area (Å²) in [6, 6.07) is 6.87. The molecule has 4 heteroatoms. The minimum Gasteiger partial charge on any atom is -0.374 e. The molecule has 3 aromatic heterocycles. The predicted octanol–water partition coefficient (Wildman–Crippen LogP) is 5.06. The smallest absolute Gasteiger partial charge is 0.168 e. The number of rotatable bonds is 0. The monoisotopic (exact) mass is 344 g/mol. The molecular formula is C18H16OS3. The molecule has 1 N–H and O–H groups in total. The first kappa shape index (κ1) is 13.5. The summed E-state index contributed by atoms with van der Waals surface area (Å²) in [4.78, 5) is 7.30. The summed E-state index contributed by atoms with van der Waals surface area (Å²) in [7, 11) is 0. The SMILES string of the molecule is Cc1cc2c(s1)C1(O)c3sc(C)cc3C2(C)c2cc(C)sc21. The van der Waals surface area contributed by atoms with Gasteiger partial charge in [-0.3, -0.25) is 0 Å². The highest BCUT2D eigenvalue weighted by Gasteiger charge is 2.59. The van der Waals surface area contributed by atoms with E-state index >= 15 is 0 Å². The first-order valence-corrected chi connectivity index (χ1v) is 9.88. The second kappa shape index (κ2) is 3.75. The van der Waals surface area contributed by atoms with E-state index in [4.69, 9.17) is 0 Å². The summed E-state index contributed by atoms with van der Waals surface area (Å²) >= 11 is 5.28. The Morgan fingerprint density at radius 1 is 0.727 bits per heavy atom. The van der Waals surface area contributed by atoms with Gasteiger partial charge in [-0.2, -0.15) is 0 Å². The zero-order valence-corrected chi connectivity index (χ0v) is 15.4. The molecule has 3 aliphatic rings. The van der Waals surface area contributed by atoms with Gasteiger partial charge >= 0.3 is 0 Å². The molecule has 0 saturated heterocycles.